The zero-order chi connectivity index (χ0) is 15.2. The molecule has 0 saturated carbocycles. The van der Waals surface area contributed by atoms with E-state index in [2.05, 4.69) is 5.32 Å². The van der Waals surface area contributed by atoms with E-state index in [-0.39, 0.29) is 24.3 Å². The molecule has 1 N–H and O–H groups in total. The van der Waals surface area contributed by atoms with Crippen LogP contribution in [-0.2, 0) is 14.3 Å². The van der Waals surface area contributed by atoms with Crippen LogP contribution in [0.4, 0.5) is 5.69 Å². The minimum Gasteiger partial charge on any atom is -0.465 e. The summed E-state index contributed by atoms with van der Waals surface area (Å²) in [5, 5.41) is 3.44. The van der Waals surface area contributed by atoms with Crippen molar-refractivity contribution in [1.82, 2.24) is 4.90 Å². The summed E-state index contributed by atoms with van der Waals surface area (Å²) in [7, 11) is 1.86. The second-order valence-electron chi connectivity index (χ2n) is 5.23. The van der Waals surface area contributed by atoms with Gasteiger partial charge in [0.1, 0.15) is 0 Å². The molecule has 5 nitrogen and oxygen atoms in total. The van der Waals surface area contributed by atoms with Crippen molar-refractivity contribution in [3.63, 3.8) is 0 Å². The first-order chi connectivity index (χ1) is 10.0. The third-order valence-electron chi connectivity index (χ3n) is 3.44. The lowest BCUT2D eigenvalue weighted by molar-refractivity contribution is -0.141. The average molecular weight is 311 g/mol. The standard InChI is InChI=1S/C15H19ClN2O3/c1-18(8-6-11-7-9-21-15(11)20)10-14(19)17-13-4-2-12(16)3-5-13/h2-5,11H,6-10H2,1H3,(H,17,19)/t11-/m1/s1. The Bertz CT molecular complexity index is 504. The van der Waals surface area contributed by atoms with Crippen LogP contribution in [0.1, 0.15) is 12.8 Å². The number of cyclic esters (lactones) is 1. The van der Waals surface area contributed by atoms with Crippen molar-refractivity contribution in [2.45, 2.75) is 12.8 Å². The molecule has 1 aliphatic heterocycles. The van der Waals surface area contributed by atoms with Gasteiger partial charge in [0.15, 0.2) is 0 Å². The normalized spacial score (nSPS) is 17.9. The number of esters is 1. The van der Waals surface area contributed by atoms with Crippen LogP contribution in [0.2, 0.25) is 5.02 Å². The third-order valence-corrected chi connectivity index (χ3v) is 3.70. The first-order valence-corrected chi connectivity index (χ1v) is 7.33. The first kappa shape index (κ1) is 15.8. The fourth-order valence-electron chi connectivity index (χ4n) is 2.23. The van der Waals surface area contributed by atoms with E-state index in [0.29, 0.717) is 18.2 Å². The largest absolute Gasteiger partial charge is 0.465 e. The highest BCUT2D eigenvalue weighted by Crippen LogP contribution is 2.18. The maximum Gasteiger partial charge on any atom is 0.309 e. The number of amides is 1. The number of benzene rings is 1. The SMILES string of the molecule is CN(CC[C@@H]1CCOC1=O)CC(=O)Nc1ccc(Cl)cc1. The van der Waals surface area contributed by atoms with Gasteiger partial charge < -0.3 is 10.1 Å². The Morgan fingerprint density at radius 2 is 2.14 bits per heavy atom. The Hall–Kier alpha value is -1.59. The van der Waals surface area contributed by atoms with E-state index in [9.17, 15) is 9.59 Å². The molecule has 0 radical (unpaired) electrons. The molecule has 0 bridgehead atoms. The molecule has 1 saturated heterocycles. The lowest BCUT2D eigenvalue weighted by Crippen LogP contribution is -2.32. The zero-order valence-corrected chi connectivity index (χ0v) is 12.7. The molecule has 1 aliphatic rings. The number of nitrogens with zero attached hydrogens (tertiary/aromatic N) is 1. The first-order valence-electron chi connectivity index (χ1n) is 6.95. The van der Waals surface area contributed by atoms with E-state index in [1.807, 2.05) is 11.9 Å². The number of hydrogen-bond donors (Lipinski definition) is 1. The highest BCUT2D eigenvalue weighted by Gasteiger charge is 2.26. The Morgan fingerprint density at radius 3 is 2.76 bits per heavy atom. The van der Waals surface area contributed by atoms with Crippen molar-refractivity contribution in [3.05, 3.63) is 29.3 Å². The molecule has 0 aromatic heterocycles. The summed E-state index contributed by atoms with van der Waals surface area (Å²) >= 11 is 5.79. The summed E-state index contributed by atoms with van der Waals surface area (Å²) in [6.45, 7) is 1.49. The van der Waals surface area contributed by atoms with Gasteiger partial charge in [-0.25, -0.2) is 0 Å². The third kappa shape index (κ3) is 5.02. The smallest absolute Gasteiger partial charge is 0.309 e. The minimum atomic E-state index is -0.117. The Kier molecular flexibility index (Phi) is 5.59. The highest BCUT2D eigenvalue weighted by atomic mass is 35.5. The number of carbonyl (C=O) groups is 2. The summed E-state index contributed by atoms with van der Waals surface area (Å²) < 4.78 is 4.92. The van der Waals surface area contributed by atoms with Crippen LogP contribution < -0.4 is 5.32 Å². The van der Waals surface area contributed by atoms with E-state index in [1.165, 1.54) is 0 Å². The van der Waals surface area contributed by atoms with E-state index in [0.717, 1.165) is 18.5 Å². The van der Waals surface area contributed by atoms with Gasteiger partial charge in [0.2, 0.25) is 5.91 Å². The fraction of sp³-hybridized carbons (Fsp3) is 0.467. The van der Waals surface area contributed by atoms with Crippen LogP contribution in [-0.4, -0.2) is 43.5 Å². The number of likely N-dealkylation sites (N-methyl/N-ethyl adjacent to an activating group) is 1. The lowest BCUT2D eigenvalue weighted by Gasteiger charge is -2.17. The van der Waals surface area contributed by atoms with E-state index in [4.69, 9.17) is 16.3 Å². The molecule has 2 rings (SSSR count). The summed E-state index contributed by atoms with van der Waals surface area (Å²) in [6, 6.07) is 6.97. The highest BCUT2D eigenvalue weighted by molar-refractivity contribution is 6.30. The Balaban J connectivity index is 1.71. The van der Waals surface area contributed by atoms with Gasteiger partial charge in [0, 0.05) is 10.7 Å². The minimum absolute atomic E-state index is 0.0215. The van der Waals surface area contributed by atoms with Crippen molar-refractivity contribution in [3.8, 4) is 0 Å². The Morgan fingerprint density at radius 1 is 1.43 bits per heavy atom. The number of ether oxygens (including phenoxy) is 1. The molecule has 1 aromatic rings. The van der Waals surface area contributed by atoms with Crippen LogP contribution in [0, 0.1) is 5.92 Å². The van der Waals surface area contributed by atoms with Crippen LogP contribution in [0.25, 0.3) is 0 Å². The van der Waals surface area contributed by atoms with Gasteiger partial charge >= 0.3 is 5.97 Å². The molecular weight excluding hydrogens is 292 g/mol. The van der Waals surface area contributed by atoms with Crippen molar-refractivity contribution in [2.75, 3.05) is 32.1 Å². The lowest BCUT2D eigenvalue weighted by atomic mass is 10.0. The van der Waals surface area contributed by atoms with E-state index >= 15 is 0 Å². The Labute approximate surface area is 129 Å². The molecule has 1 aromatic carbocycles. The predicted molar refractivity (Wildman–Crippen MR) is 81.3 cm³/mol. The molecule has 1 atom stereocenters. The molecule has 1 amide bonds. The van der Waals surface area contributed by atoms with E-state index in [1.54, 1.807) is 24.3 Å². The van der Waals surface area contributed by atoms with Crippen molar-refractivity contribution in [1.29, 1.82) is 0 Å². The van der Waals surface area contributed by atoms with Crippen molar-refractivity contribution < 1.29 is 14.3 Å². The summed E-state index contributed by atoms with van der Waals surface area (Å²) in [4.78, 5) is 25.1. The maximum atomic E-state index is 11.9. The van der Waals surface area contributed by atoms with Gasteiger partial charge in [-0.1, -0.05) is 11.6 Å². The molecule has 1 heterocycles. The summed E-state index contributed by atoms with van der Waals surface area (Å²) in [5.74, 6) is -0.227. The molecule has 21 heavy (non-hydrogen) atoms. The molecule has 0 aliphatic carbocycles. The van der Waals surface area contributed by atoms with Gasteiger partial charge in [0.25, 0.3) is 0 Å². The predicted octanol–water partition coefficient (Wildman–Crippen LogP) is 2.16. The second kappa shape index (κ2) is 7.43. The number of halogens is 1. The molecular formula is C15H19ClN2O3. The molecule has 0 spiro atoms. The number of nitrogens with one attached hydrogen (secondary N) is 1. The quantitative estimate of drug-likeness (QED) is 0.818. The number of hydrogen-bond acceptors (Lipinski definition) is 4. The van der Waals surface area contributed by atoms with Crippen molar-refractivity contribution in [2.24, 2.45) is 5.92 Å². The van der Waals surface area contributed by atoms with Crippen LogP contribution >= 0.6 is 11.6 Å². The van der Waals surface area contributed by atoms with Crippen LogP contribution in [0.15, 0.2) is 24.3 Å². The molecule has 6 heteroatoms. The van der Waals surface area contributed by atoms with E-state index < -0.39 is 0 Å². The molecule has 0 unspecified atom stereocenters. The number of rotatable bonds is 6. The van der Waals surface area contributed by atoms with Gasteiger partial charge in [-0.2, -0.15) is 0 Å². The van der Waals surface area contributed by atoms with Gasteiger partial charge in [-0.3, -0.25) is 14.5 Å². The number of carbonyl (C=O) groups excluding carboxylic acids is 2. The summed E-state index contributed by atoms with van der Waals surface area (Å²) in [6.07, 6.45) is 1.51. The topological polar surface area (TPSA) is 58.6 Å². The monoisotopic (exact) mass is 310 g/mol. The summed E-state index contributed by atoms with van der Waals surface area (Å²) in [5.41, 5.74) is 0.720. The van der Waals surface area contributed by atoms with Gasteiger partial charge in [-0.05, 0) is 50.7 Å². The average Bonchev–Trinajstić information content (AvgIpc) is 2.84. The molecule has 1 fully saturated rings. The zero-order valence-electron chi connectivity index (χ0n) is 12.0. The molecule has 114 valence electrons. The van der Waals surface area contributed by atoms with Crippen LogP contribution in [0.5, 0.6) is 0 Å². The van der Waals surface area contributed by atoms with Crippen LogP contribution in [0.3, 0.4) is 0 Å². The fourth-order valence-corrected chi connectivity index (χ4v) is 2.36. The van der Waals surface area contributed by atoms with Gasteiger partial charge in [0.05, 0.1) is 19.1 Å². The second-order valence-corrected chi connectivity index (χ2v) is 5.67. The van der Waals surface area contributed by atoms with Gasteiger partial charge in [-0.15, -0.1) is 0 Å². The maximum absolute atomic E-state index is 11.9. The number of anilines is 1. The van der Waals surface area contributed by atoms with Crippen molar-refractivity contribution >= 4 is 29.2 Å².